The van der Waals surface area contributed by atoms with Crippen molar-refractivity contribution in [3.05, 3.63) is 60.8 Å². The molecule has 0 saturated heterocycles. The molecule has 6 nitrogen and oxygen atoms in total. The lowest BCUT2D eigenvalue weighted by Crippen LogP contribution is -2.30. The number of unbranched alkanes of at least 4 members (excludes halogenated alkanes) is 28. The summed E-state index contributed by atoms with van der Waals surface area (Å²) in [7, 11) is 0. The third-order valence-corrected chi connectivity index (χ3v) is 11.3. The number of esters is 3. The molecule has 0 fully saturated rings. The summed E-state index contributed by atoms with van der Waals surface area (Å²) in [6.07, 6.45) is 62.0. The first-order chi connectivity index (χ1) is 30.5. The normalized spacial score (nSPS) is 12.5. The molecule has 0 aliphatic rings. The van der Waals surface area contributed by atoms with Crippen LogP contribution in [0, 0.1) is 0 Å². The molecule has 0 amide bonds. The van der Waals surface area contributed by atoms with Crippen molar-refractivity contribution < 1.29 is 28.6 Å². The zero-order chi connectivity index (χ0) is 45.1. The summed E-state index contributed by atoms with van der Waals surface area (Å²) in [5.74, 6) is -0.926. The van der Waals surface area contributed by atoms with Gasteiger partial charge in [0, 0.05) is 19.3 Å². The third-order valence-electron chi connectivity index (χ3n) is 11.3. The van der Waals surface area contributed by atoms with Crippen molar-refractivity contribution in [2.75, 3.05) is 13.2 Å². The topological polar surface area (TPSA) is 78.9 Å². The molecule has 0 heterocycles. The minimum atomic E-state index is -0.791. The molecule has 0 saturated carbocycles. The summed E-state index contributed by atoms with van der Waals surface area (Å²) in [4.78, 5) is 38.0. The van der Waals surface area contributed by atoms with Gasteiger partial charge in [-0.15, -0.1) is 0 Å². The van der Waals surface area contributed by atoms with E-state index in [0.717, 1.165) is 96.3 Å². The largest absolute Gasteiger partial charge is 0.462 e. The Balaban J connectivity index is 4.41. The van der Waals surface area contributed by atoms with E-state index in [9.17, 15) is 14.4 Å². The molecule has 62 heavy (non-hydrogen) atoms. The minimum Gasteiger partial charge on any atom is -0.462 e. The molecule has 1 atom stereocenters. The van der Waals surface area contributed by atoms with Crippen molar-refractivity contribution in [3.63, 3.8) is 0 Å². The van der Waals surface area contributed by atoms with Gasteiger partial charge in [0.05, 0.1) is 0 Å². The zero-order valence-electron chi connectivity index (χ0n) is 40.9. The summed E-state index contributed by atoms with van der Waals surface area (Å²) in [5, 5.41) is 0. The molecule has 0 radical (unpaired) electrons. The SMILES string of the molecule is CC/C=C/C=C/C=C/CCCCCCCC(=O)OCC(COC(=O)CCCCCCCCC/C=C/CCCCCCCC)OC(=O)CCCCC/C=C/CCCCCCCCC. The van der Waals surface area contributed by atoms with E-state index in [1.807, 2.05) is 0 Å². The van der Waals surface area contributed by atoms with Crippen LogP contribution in [0.2, 0.25) is 0 Å². The van der Waals surface area contributed by atoms with Gasteiger partial charge in [0.25, 0.3) is 0 Å². The molecular weight excluding hydrogens is 769 g/mol. The van der Waals surface area contributed by atoms with Crippen LogP contribution in [-0.4, -0.2) is 37.2 Å². The van der Waals surface area contributed by atoms with Gasteiger partial charge in [-0.05, 0) is 89.9 Å². The summed E-state index contributed by atoms with van der Waals surface area (Å²) in [6, 6.07) is 0. The maximum atomic E-state index is 12.8. The van der Waals surface area contributed by atoms with Crippen LogP contribution >= 0.6 is 0 Å². The van der Waals surface area contributed by atoms with Crippen molar-refractivity contribution in [1.29, 1.82) is 0 Å². The third kappa shape index (κ3) is 48.1. The Labute approximate surface area is 383 Å². The fourth-order valence-electron chi connectivity index (χ4n) is 7.31. The Hall–Kier alpha value is -2.89. The summed E-state index contributed by atoms with van der Waals surface area (Å²) < 4.78 is 16.8. The van der Waals surface area contributed by atoms with Crippen LogP contribution in [0.5, 0.6) is 0 Å². The Morgan fingerprint density at radius 2 is 0.645 bits per heavy atom. The second kappa shape index (κ2) is 50.8. The van der Waals surface area contributed by atoms with Crippen molar-refractivity contribution >= 4 is 17.9 Å². The highest BCUT2D eigenvalue weighted by Crippen LogP contribution is 2.14. The number of carbonyl (C=O) groups excluding carboxylic acids is 3. The van der Waals surface area contributed by atoms with Gasteiger partial charge in [-0.3, -0.25) is 14.4 Å². The van der Waals surface area contributed by atoms with E-state index < -0.39 is 6.10 Å². The van der Waals surface area contributed by atoms with Crippen molar-refractivity contribution in [1.82, 2.24) is 0 Å². The van der Waals surface area contributed by atoms with Crippen molar-refractivity contribution in [3.8, 4) is 0 Å². The molecule has 6 heteroatoms. The fourth-order valence-corrected chi connectivity index (χ4v) is 7.31. The number of carbonyl (C=O) groups is 3. The second-order valence-electron chi connectivity index (χ2n) is 17.5. The van der Waals surface area contributed by atoms with Gasteiger partial charge in [0.1, 0.15) is 13.2 Å². The summed E-state index contributed by atoms with van der Waals surface area (Å²) >= 11 is 0. The van der Waals surface area contributed by atoms with Crippen LogP contribution in [-0.2, 0) is 28.6 Å². The molecule has 0 aliphatic carbocycles. The molecule has 0 aromatic rings. The van der Waals surface area contributed by atoms with Crippen LogP contribution in [0.1, 0.15) is 258 Å². The van der Waals surface area contributed by atoms with Crippen molar-refractivity contribution in [2.45, 2.75) is 264 Å². The first-order valence-corrected chi connectivity index (χ1v) is 26.3. The van der Waals surface area contributed by atoms with E-state index in [1.165, 1.54) is 122 Å². The van der Waals surface area contributed by atoms with Crippen LogP contribution in [0.25, 0.3) is 0 Å². The molecule has 0 bridgehead atoms. The van der Waals surface area contributed by atoms with Crippen molar-refractivity contribution in [2.24, 2.45) is 0 Å². The Bertz CT molecular complexity index is 1130. The van der Waals surface area contributed by atoms with E-state index in [2.05, 4.69) is 81.5 Å². The monoisotopic (exact) mass is 867 g/mol. The van der Waals surface area contributed by atoms with Gasteiger partial charge in [-0.1, -0.05) is 210 Å². The fraction of sp³-hybridized carbons (Fsp3) is 0.768. The van der Waals surface area contributed by atoms with E-state index >= 15 is 0 Å². The minimum absolute atomic E-state index is 0.0888. The highest BCUT2D eigenvalue weighted by atomic mass is 16.6. The number of hydrogen-bond acceptors (Lipinski definition) is 6. The number of hydrogen-bond donors (Lipinski definition) is 0. The standard InChI is InChI=1S/C56H98O6/c1-4-7-10-13-16-19-22-25-27-28-29-32-34-37-40-43-46-49-55(58)61-52-53(51-60-54(57)48-45-42-39-36-33-30-24-21-18-15-12-9-6-3)62-56(59)50-47-44-41-38-35-31-26-23-20-17-14-11-8-5-2/h9,12,15,18,21,24-25,27,31,35,53H,4-8,10-11,13-14,16-17,19-20,22-23,26,28-30,32-34,36-52H2,1-3H3/b12-9+,18-15+,24-21+,27-25+,35-31+. The molecule has 0 rings (SSSR count). The smallest absolute Gasteiger partial charge is 0.306 e. The lowest BCUT2D eigenvalue weighted by Gasteiger charge is -2.18. The summed E-state index contributed by atoms with van der Waals surface area (Å²) in [6.45, 7) is 6.47. The van der Waals surface area contributed by atoms with E-state index in [0.29, 0.717) is 19.3 Å². The first kappa shape index (κ1) is 59.1. The number of ether oxygens (including phenoxy) is 3. The highest BCUT2D eigenvalue weighted by molar-refractivity contribution is 5.71. The molecule has 0 aliphatic heterocycles. The van der Waals surface area contributed by atoms with Crippen LogP contribution in [0.3, 0.4) is 0 Å². The van der Waals surface area contributed by atoms with E-state index in [1.54, 1.807) is 0 Å². The van der Waals surface area contributed by atoms with Crippen LogP contribution < -0.4 is 0 Å². The number of rotatable bonds is 47. The van der Waals surface area contributed by atoms with Gasteiger partial charge in [0.15, 0.2) is 6.10 Å². The van der Waals surface area contributed by atoms with Gasteiger partial charge >= 0.3 is 17.9 Å². The predicted octanol–water partition coefficient (Wildman–Crippen LogP) is 17.3. The molecule has 1 unspecified atom stereocenters. The Morgan fingerprint density at radius 1 is 0.339 bits per heavy atom. The number of allylic oxidation sites excluding steroid dienone is 10. The predicted molar refractivity (Wildman–Crippen MR) is 265 cm³/mol. The maximum Gasteiger partial charge on any atom is 0.306 e. The quantitative estimate of drug-likeness (QED) is 0.0199. The summed E-state index contributed by atoms with van der Waals surface area (Å²) in [5.41, 5.74) is 0. The maximum absolute atomic E-state index is 12.8. The molecule has 358 valence electrons. The van der Waals surface area contributed by atoms with Gasteiger partial charge in [-0.2, -0.15) is 0 Å². The Kier molecular flexibility index (Phi) is 48.4. The van der Waals surface area contributed by atoms with E-state index in [4.69, 9.17) is 14.2 Å². The highest BCUT2D eigenvalue weighted by Gasteiger charge is 2.19. The molecule has 0 aromatic carbocycles. The van der Waals surface area contributed by atoms with Crippen LogP contribution in [0.4, 0.5) is 0 Å². The average Bonchev–Trinajstić information content (AvgIpc) is 3.27. The Morgan fingerprint density at radius 3 is 1.03 bits per heavy atom. The zero-order valence-corrected chi connectivity index (χ0v) is 40.9. The second-order valence-corrected chi connectivity index (χ2v) is 17.5. The molecule has 0 aromatic heterocycles. The lowest BCUT2D eigenvalue weighted by atomic mass is 10.1. The van der Waals surface area contributed by atoms with Gasteiger partial charge in [0.2, 0.25) is 0 Å². The average molecular weight is 867 g/mol. The van der Waals surface area contributed by atoms with Gasteiger partial charge in [-0.25, -0.2) is 0 Å². The first-order valence-electron chi connectivity index (χ1n) is 26.3. The molecule has 0 N–H and O–H groups in total. The van der Waals surface area contributed by atoms with Crippen LogP contribution in [0.15, 0.2) is 60.8 Å². The lowest BCUT2D eigenvalue weighted by molar-refractivity contribution is -0.167. The molecular formula is C56H98O6. The molecule has 0 spiro atoms. The van der Waals surface area contributed by atoms with Gasteiger partial charge < -0.3 is 14.2 Å². The van der Waals surface area contributed by atoms with E-state index in [-0.39, 0.29) is 31.1 Å².